The molecule has 0 saturated carbocycles. The van der Waals surface area contributed by atoms with Gasteiger partial charge in [0.2, 0.25) is 0 Å². The average Bonchev–Trinajstić information content (AvgIpc) is 2.47. The number of hydrogen-bond donors (Lipinski definition) is 3. The van der Waals surface area contributed by atoms with Crippen molar-refractivity contribution in [3.05, 3.63) is 61.3 Å². The highest BCUT2D eigenvalue weighted by Crippen LogP contribution is 2.11. The highest BCUT2D eigenvalue weighted by Gasteiger charge is 2.02. The molecule has 0 unspecified atom stereocenters. The maximum atomic E-state index is 11.8. The van der Waals surface area contributed by atoms with Gasteiger partial charge in [-0.1, -0.05) is 24.3 Å². The molecule has 0 atom stereocenters. The third kappa shape index (κ3) is 4.13. The minimum absolute atomic E-state index is 0.301. The maximum Gasteiger partial charge on any atom is 0.323 e. The lowest BCUT2D eigenvalue weighted by atomic mass is 10.3. The molecule has 3 N–H and O–H groups in total. The van der Waals surface area contributed by atoms with Gasteiger partial charge in [-0.15, -0.1) is 6.58 Å². The summed E-state index contributed by atoms with van der Waals surface area (Å²) in [5.41, 5.74) is 1.37. The Morgan fingerprint density at radius 3 is 2.50 bits per heavy atom. The fourth-order valence-corrected chi connectivity index (χ4v) is 1.56. The van der Waals surface area contributed by atoms with E-state index in [0.29, 0.717) is 12.2 Å². The molecule has 0 radical (unpaired) electrons. The van der Waals surface area contributed by atoms with Gasteiger partial charge in [-0.2, -0.15) is 0 Å². The molecule has 2 amide bonds. The molecule has 0 saturated heterocycles. The molecule has 102 valence electrons. The quantitative estimate of drug-likeness (QED) is 0.729. The molecule has 1 aromatic carbocycles. The van der Waals surface area contributed by atoms with Gasteiger partial charge in [-0.05, 0) is 24.3 Å². The summed E-state index contributed by atoms with van der Waals surface area (Å²) in [5, 5.41) is 8.50. The SMILES string of the molecule is C=CCNc1ccc(NC(=O)Nc2ccccc2)cn1. The molecule has 5 heteroatoms. The number of urea groups is 1. The minimum atomic E-state index is -0.301. The number of aromatic nitrogens is 1. The zero-order chi connectivity index (χ0) is 14.2. The first-order valence-electron chi connectivity index (χ1n) is 6.22. The predicted octanol–water partition coefficient (Wildman–Crippen LogP) is 3.32. The molecule has 5 nitrogen and oxygen atoms in total. The van der Waals surface area contributed by atoms with Crippen LogP contribution in [0, 0.1) is 0 Å². The van der Waals surface area contributed by atoms with E-state index in [9.17, 15) is 4.79 Å². The fourth-order valence-electron chi connectivity index (χ4n) is 1.56. The maximum absolute atomic E-state index is 11.8. The predicted molar refractivity (Wildman–Crippen MR) is 82.0 cm³/mol. The molecule has 20 heavy (non-hydrogen) atoms. The fraction of sp³-hybridized carbons (Fsp3) is 0.0667. The molecule has 0 bridgehead atoms. The van der Waals surface area contributed by atoms with Crippen LogP contribution >= 0.6 is 0 Å². The van der Waals surface area contributed by atoms with E-state index >= 15 is 0 Å². The first kappa shape index (κ1) is 13.6. The lowest BCUT2D eigenvalue weighted by Crippen LogP contribution is -2.19. The number of nitrogens with one attached hydrogen (secondary N) is 3. The Kier molecular flexibility index (Phi) is 4.72. The van der Waals surface area contributed by atoms with Crippen molar-refractivity contribution < 1.29 is 4.79 Å². The average molecular weight is 268 g/mol. The second-order valence-electron chi connectivity index (χ2n) is 4.05. The lowest BCUT2D eigenvalue weighted by molar-refractivity contribution is 0.262. The van der Waals surface area contributed by atoms with Crippen LogP contribution in [0.2, 0.25) is 0 Å². The first-order valence-corrected chi connectivity index (χ1v) is 6.22. The number of amides is 2. The summed E-state index contributed by atoms with van der Waals surface area (Å²) in [6.07, 6.45) is 3.34. The van der Waals surface area contributed by atoms with Crippen LogP contribution in [-0.4, -0.2) is 17.6 Å². The standard InChI is InChI=1S/C15H16N4O/c1-2-10-16-14-9-8-13(11-17-14)19-15(20)18-12-6-4-3-5-7-12/h2-9,11H,1,10H2,(H,16,17)(H2,18,19,20). The van der Waals surface area contributed by atoms with Crippen LogP contribution in [0.15, 0.2) is 61.3 Å². The van der Waals surface area contributed by atoms with Crippen LogP contribution in [0.3, 0.4) is 0 Å². The van der Waals surface area contributed by atoms with E-state index in [1.807, 2.05) is 30.3 Å². The van der Waals surface area contributed by atoms with Crippen LogP contribution in [-0.2, 0) is 0 Å². The molecule has 1 heterocycles. The Balaban J connectivity index is 1.89. The molecule has 2 rings (SSSR count). The molecular weight excluding hydrogens is 252 g/mol. The van der Waals surface area contributed by atoms with Gasteiger partial charge in [0.15, 0.2) is 0 Å². The molecule has 0 fully saturated rings. The van der Waals surface area contributed by atoms with Crippen LogP contribution < -0.4 is 16.0 Å². The van der Waals surface area contributed by atoms with Crippen molar-refractivity contribution in [2.75, 3.05) is 22.5 Å². The molecular formula is C15H16N4O. The van der Waals surface area contributed by atoms with Crippen LogP contribution in [0.5, 0.6) is 0 Å². The number of benzene rings is 1. The lowest BCUT2D eigenvalue weighted by Gasteiger charge is -2.08. The molecule has 1 aromatic heterocycles. The Morgan fingerprint density at radius 1 is 1.10 bits per heavy atom. The Hall–Kier alpha value is -2.82. The van der Waals surface area contributed by atoms with Gasteiger partial charge >= 0.3 is 6.03 Å². The zero-order valence-electron chi connectivity index (χ0n) is 11.0. The second kappa shape index (κ2) is 6.94. The third-order valence-corrected chi connectivity index (χ3v) is 2.48. The van der Waals surface area contributed by atoms with Crippen LogP contribution in [0.4, 0.5) is 22.0 Å². The van der Waals surface area contributed by atoms with Gasteiger partial charge < -0.3 is 16.0 Å². The first-order chi connectivity index (χ1) is 9.78. The molecule has 2 aromatic rings. The van der Waals surface area contributed by atoms with Crippen molar-refractivity contribution in [2.24, 2.45) is 0 Å². The summed E-state index contributed by atoms with van der Waals surface area (Å²) < 4.78 is 0. The number of nitrogens with zero attached hydrogens (tertiary/aromatic N) is 1. The smallest absolute Gasteiger partial charge is 0.323 e. The number of pyridine rings is 1. The van der Waals surface area contributed by atoms with Crippen LogP contribution in [0.1, 0.15) is 0 Å². The summed E-state index contributed by atoms with van der Waals surface area (Å²) in [5.74, 6) is 0.735. The van der Waals surface area contributed by atoms with Crippen molar-refractivity contribution >= 4 is 23.2 Å². The Bertz CT molecular complexity index is 566. The largest absolute Gasteiger partial charge is 0.367 e. The van der Waals surface area contributed by atoms with Gasteiger partial charge in [0, 0.05) is 12.2 Å². The van der Waals surface area contributed by atoms with Gasteiger partial charge in [0.05, 0.1) is 11.9 Å². The van der Waals surface area contributed by atoms with Gasteiger partial charge in [-0.25, -0.2) is 9.78 Å². The van der Waals surface area contributed by atoms with E-state index in [-0.39, 0.29) is 6.03 Å². The van der Waals surface area contributed by atoms with Gasteiger partial charge in [0.1, 0.15) is 5.82 Å². The van der Waals surface area contributed by atoms with Gasteiger partial charge in [0.25, 0.3) is 0 Å². The third-order valence-electron chi connectivity index (χ3n) is 2.48. The van der Waals surface area contributed by atoms with E-state index in [1.54, 1.807) is 24.4 Å². The zero-order valence-corrected chi connectivity index (χ0v) is 11.0. The van der Waals surface area contributed by atoms with Crippen molar-refractivity contribution in [2.45, 2.75) is 0 Å². The van der Waals surface area contributed by atoms with E-state index < -0.39 is 0 Å². The number of anilines is 3. The normalized spacial score (nSPS) is 9.60. The number of para-hydroxylation sites is 1. The number of hydrogen-bond acceptors (Lipinski definition) is 3. The highest BCUT2D eigenvalue weighted by molar-refractivity contribution is 5.99. The second-order valence-corrected chi connectivity index (χ2v) is 4.05. The van der Waals surface area contributed by atoms with Gasteiger partial charge in [-0.3, -0.25) is 0 Å². The summed E-state index contributed by atoms with van der Waals surface area (Å²) in [7, 11) is 0. The molecule has 0 spiro atoms. The summed E-state index contributed by atoms with van der Waals surface area (Å²) in [6, 6.07) is 12.5. The minimum Gasteiger partial charge on any atom is -0.367 e. The number of carbonyl (C=O) groups excluding carboxylic acids is 1. The Labute approximate surface area is 117 Å². The monoisotopic (exact) mass is 268 g/mol. The molecule has 0 aliphatic carbocycles. The molecule has 0 aliphatic heterocycles. The summed E-state index contributed by atoms with van der Waals surface area (Å²) in [4.78, 5) is 15.9. The highest BCUT2D eigenvalue weighted by atomic mass is 16.2. The van der Waals surface area contributed by atoms with Crippen molar-refractivity contribution in [3.8, 4) is 0 Å². The van der Waals surface area contributed by atoms with E-state index in [1.165, 1.54) is 0 Å². The summed E-state index contributed by atoms with van der Waals surface area (Å²) >= 11 is 0. The topological polar surface area (TPSA) is 66.0 Å². The van der Waals surface area contributed by atoms with Crippen molar-refractivity contribution in [1.29, 1.82) is 0 Å². The summed E-state index contributed by atoms with van der Waals surface area (Å²) in [6.45, 7) is 4.26. The van der Waals surface area contributed by atoms with Crippen molar-refractivity contribution in [1.82, 2.24) is 4.98 Å². The van der Waals surface area contributed by atoms with E-state index in [2.05, 4.69) is 27.5 Å². The number of carbonyl (C=O) groups is 1. The van der Waals surface area contributed by atoms with E-state index in [0.717, 1.165) is 11.5 Å². The van der Waals surface area contributed by atoms with Crippen molar-refractivity contribution in [3.63, 3.8) is 0 Å². The molecule has 0 aliphatic rings. The van der Waals surface area contributed by atoms with E-state index in [4.69, 9.17) is 0 Å². The Morgan fingerprint density at radius 2 is 1.85 bits per heavy atom. The van der Waals surface area contributed by atoms with Crippen LogP contribution in [0.25, 0.3) is 0 Å². The number of rotatable bonds is 5.